The van der Waals surface area contributed by atoms with Gasteiger partial charge in [0.25, 0.3) is 5.91 Å². The number of carbonyl (C=O) groups is 2. The number of ether oxygens (including phenoxy) is 4. The van der Waals surface area contributed by atoms with Crippen LogP contribution in [0, 0.1) is 0 Å². The number of hydrogen-bond donors (Lipinski definition) is 1. The fourth-order valence-corrected chi connectivity index (χ4v) is 2.67. The second-order valence-corrected chi connectivity index (χ2v) is 6.62. The van der Waals surface area contributed by atoms with E-state index in [2.05, 4.69) is 5.32 Å². The van der Waals surface area contributed by atoms with Crippen LogP contribution < -0.4 is 19.5 Å². The predicted molar refractivity (Wildman–Crippen MR) is 101 cm³/mol. The molecule has 0 aliphatic carbocycles. The molecule has 148 valence electrons. The van der Waals surface area contributed by atoms with Crippen LogP contribution in [0.15, 0.2) is 42.5 Å². The van der Waals surface area contributed by atoms with Gasteiger partial charge in [-0.3, -0.25) is 9.59 Å². The molecule has 1 heterocycles. The van der Waals surface area contributed by atoms with Crippen LogP contribution in [-0.4, -0.2) is 31.4 Å². The summed E-state index contributed by atoms with van der Waals surface area (Å²) in [5.74, 6) is 1.19. The molecular weight excluding hydrogens is 362 g/mol. The summed E-state index contributed by atoms with van der Waals surface area (Å²) >= 11 is 0. The zero-order chi connectivity index (χ0) is 19.9. The Morgan fingerprint density at radius 3 is 2.71 bits per heavy atom. The molecule has 0 bridgehead atoms. The van der Waals surface area contributed by atoms with Gasteiger partial charge in [-0.25, -0.2) is 0 Å². The molecule has 0 saturated carbocycles. The van der Waals surface area contributed by atoms with Crippen LogP contribution in [-0.2, 0) is 27.3 Å². The third kappa shape index (κ3) is 5.64. The van der Waals surface area contributed by atoms with Gasteiger partial charge in [0.2, 0.25) is 6.79 Å². The molecule has 0 fully saturated rings. The standard InChI is InChI=1S/C21H23NO6/c1-14(2)28-17-5-3-4-15(8-17)10-21(24)25-12-20(23)22-11-16-6-7-18-19(9-16)27-13-26-18/h3-9,14H,10-13H2,1-2H3,(H,22,23). The maximum absolute atomic E-state index is 12.0. The molecule has 0 aromatic heterocycles. The maximum atomic E-state index is 12.0. The van der Waals surface area contributed by atoms with Crippen LogP contribution in [0.1, 0.15) is 25.0 Å². The molecule has 1 aliphatic rings. The minimum atomic E-state index is -0.472. The van der Waals surface area contributed by atoms with Crippen LogP contribution in [0.3, 0.4) is 0 Å². The minimum absolute atomic E-state index is 0.0515. The molecule has 0 spiro atoms. The summed E-state index contributed by atoms with van der Waals surface area (Å²) in [6.45, 7) is 4.05. The van der Waals surface area contributed by atoms with Crippen molar-refractivity contribution in [2.45, 2.75) is 32.9 Å². The molecule has 7 nitrogen and oxygen atoms in total. The second-order valence-electron chi connectivity index (χ2n) is 6.62. The molecule has 7 heteroatoms. The minimum Gasteiger partial charge on any atom is -0.491 e. The van der Waals surface area contributed by atoms with Crippen molar-refractivity contribution in [2.75, 3.05) is 13.4 Å². The van der Waals surface area contributed by atoms with E-state index < -0.39 is 5.97 Å². The smallest absolute Gasteiger partial charge is 0.310 e. The van der Waals surface area contributed by atoms with Crippen LogP contribution in [0.25, 0.3) is 0 Å². The van der Waals surface area contributed by atoms with E-state index in [-0.39, 0.29) is 31.8 Å². The molecule has 3 rings (SSSR count). The van der Waals surface area contributed by atoms with Crippen molar-refractivity contribution >= 4 is 11.9 Å². The lowest BCUT2D eigenvalue weighted by Crippen LogP contribution is -2.28. The van der Waals surface area contributed by atoms with Gasteiger partial charge in [-0.15, -0.1) is 0 Å². The third-order valence-electron chi connectivity index (χ3n) is 3.91. The largest absolute Gasteiger partial charge is 0.491 e. The zero-order valence-corrected chi connectivity index (χ0v) is 15.9. The first-order valence-corrected chi connectivity index (χ1v) is 9.06. The highest BCUT2D eigenvalue weighted by Gasteiger charge is 2.14. The molecule has 0 saturated heterocycles. The van der Waals surface area contributed by atoms with Crippen molar-refractivity contribution in [3.8, 4) is 17.2 Å². The van der Waals surface area contributed by atoms with Crippen molar-refractivity contribution in [1.82, 2.24) is 5.32 Å². The highest BCUT2D eigenvalue weighted by Crippen LogP contribution is 2.32. The van der Waals surface area contributed by atoms with Gasteiger partial charge < -0.3 is 24.3 Å². The van der Waals surface area contributed by atoms with E-state index in [4.69, 9.17) is 18.9 Å². The molecule has 0 unspecified atom stereocenters. The lowest BCUT2D eigenvalue weighted by molar-refractivity contribution is -0.147. The second kappa shape index (κ2) is 9.12. The summed E-state index contributed by atoms with van der Waals surface area (Å²) in [5.41, 5.74) is 1.63. The Morgan fingerprint density at radius 1 is 1.07 bits per heavy atom. The molecule has 0 radical (unpaired) electrons. The average Bonchev–Trinajstić information content (AvgIpc) is 3.12. The van der Waals surface area contributed by atoms with Crippen LogP contribution >= 0.6 is 0 Å². The van der Waals surface area contributed by atoms with Gasteiger partial charge in [0.05, 0.1) is 12.5 Å². The summed E-state index contributed by atoms with van der Waals surface area (Å²) in [5, 5.41) is 2.71. The first-order valence-electron chi connectivity index (χ1n) is 9.06. The van der Waals surface area contributed by atoms with E-state index in [0.29, 0.717) is 23.8 Å². The summed E-state index contributed by atoms with van der Waals surface area (Å²) in [6.07, 6.45) is 0.126. The van der Waals surface area contributed by atoms with Crippen molar-refractivity contribution in [3.05, 3.63) is 53.6 Å². The number of fused-ring (bicyclic) bond motifs is 1. The maximum Gasteiger partial charge on any atom is 0.310 e. The van der Waals surface area contributed by atoms with Crippen molar-refractivity contribution < 1.29 is 28.5 Å². The topological polar surface area (TPSA) is 83.1 Å². The number of benzene rings is 2. The van der Waals surface area contributed by atoms with E-state index in [0.717, 1.165) is 11.1 Å². The highest BCUT2D eigenvalue weighted by molar-refractivity contribution is 5.81. The van der Waals surface area contributed by atoms with Gasteiger partial charge >= 0.3 is 5.97 Å². The fourth-order valence-electron chi connectivity index (χ4n) is 2.67. The number of esters is 1. The van der Waals surface area contributed by atoms with Crippen molar-refractivity contribution in [2.24, 2.45) is 0 Å². The normalized spacial score (nSPS) is 12.0. The van der Waals surface area contributed by atoms with E-state index >= 15 is 0 Å². The van der Waals surface area contributed by atoms with Gasteiger partial charge in [0, 0.05) is 6.54 Å². The highest BCUT2D eigenvalue weighted by atomic mass is 16.7. The fraction of sp³-hybridized carbons (Fsp3) is 0.333. The van der Waals surface area contributed by atoms with Crippen molar-refractivity contribution in [3.63, 3.8) is 0 Å². The van der Waals surface area contributed by atoms with E-state index in [1.165, 1.54) is 0 Å². The first kappa shape index (κ1) is 19.5. The van der Waals surface area contributed by atoms with Crippen LogP contribution in [0.4, 0.5) is 0 Å². The average molecular weight is 385 g/mol. The van der Waals surface area contributed by atoms with Gasteiger partial charge in [-0.2, -0.15) is 0 Å². The van der Waals surface area contributed by atoms with Gasteiger partial charge in [-0.1, -0.05) is 18.2 Å². The lowest BCUT2D eigenvalue weighted by atomic mass is 10.1. The molecule has 28 heavy (non-hydrogen) atoms. The number of nitrogens with one attached hydrogen (secondary N) is 1. The summed E-state index contributed by atoms with van der Waals surface area (Å²) in [6, 6.07) is 12.7. The van der Waals surface area contributed by atoms with Crippen molar-refractivity contribution in [1.29, 1.82) is 0 Å². The van der Waals surface area contributed by atoms with Gasteiger partial charge in [0.1, 0.15) is 5.75 Å². The summed E-state index contributed by atoms with van der Waals surface area (Å²) < 4.78 is 21.2. The Bertz CT molecular complexity index is 849. The molecule has 1 N–H and O–H groups in total. The first-order chi connectivity index (χ1) is 13.5. The Hall–Kier alpha value is -3.22. The molecular formula is C21H23NO6. The van der Waals surface area contributed by atoms with Gasteiger partial charge in [-0.05, 0) is 49.2 Å². The summed E-state index contributed by atoms with van der Waals surface area (Å²) in [4.78, 5) is 23.9. The monoisotopic (exact) mass is 385 g/mol. The van der Waals surface area contributed by atoms with E-state index in [9.17, 15) is 9.59 Å². The zero-order valence-electron chi connectivity index (χ0n) is 15.9. The Balaban J connectivity index is 1.41. The molecule has 1 aliphatic heterocycles. The van der Waals surface area contributed by atoms with Crippen LogP contribution in [0.5, 0.6) is 17.2 Å². The Kier molecular flexibility index (Phi) is 6.37. The van der Waals surface area contributed by atoms with E-state index in [1.807, 2.05) is 38.1 Å². The van der Waals surface area contributed by atoms with Gasteiger partial charge in [0.15, 0.2) is 18.1 Å². The van der Waals surface area contributed by atoms with Crippen LogP contribution in [0.2, 0.25) is 0 Å². The lowest BCUT2D eigenvalue weighted by Gasteiger charge is -2.11. The number of hydrogen-bond acceptors (Lipinski definition) is 6. The Morgan fingerprint density at radius 2 is 1.89 bits per heavy atom. The SMILES string of the molecule is CC(C)Oc1cccc(CC(=O)OCC(=O)NCc2ccc3c(c2)OCO3)c1. The molecule has 0 atom stereocenters. The third-order valence-corrected chi connectivity index (χ3v) is 3.91. The Labute approximate surface area is 163 Å². The number of carbonyl (C=O) groups excluding carboxylic acids is 2. The quantitative estimate of drug-likeness (QED) is 0.704. The molecule has 2 aromatic carbocycles. The summed E-state index contributed by atoms with van der Waals surface area (Å²) in [7, 11) is 0. The number of amides is 1. The molecule has 2 aromatic rings. The van der Waals surface area contributed by atoms with E-state index in [1.54, 1.807) is 18.2 Å². The number of rotatable bonds is 8. The molecule has 1 amide bonds. The predicted octanol–water partition coefficient (Wildman–Crippen LogP) is 2.60.